The van der Waals surface area contributed by atoms with Crippen molar-refractivity contribution < 1.29 is 0 Å². The molecule has 0 saturated heterocycles. The lowest BCUT2D eigenvalue weighted by Crippen LogP contribution is -2.07. The summed E-state index contributed by atoms with van der Waals surface area (Å²) in [6.45, 7) is 0. The number of hydrogen-bond acceptors (Lipinski definition) is 3. The zero-order valence-corrected chi connectivity index (χ0v) is 5.61. The fraction of sp³-hybridized carbons (Fsp3) is 0.167. The third kappa shape index (κ3) is 0.772. The molecular weight excluding hydrogens is 132 g/mol. The van der Waals surface area contributed by atoms with Crippen LogP contribution in [0.1, 0.15) is 6.42 Å². The molecule has 0 saturated carbocycles. The molecule has 0 aromatic heterocycles. The van der Waals surface area contributed by atoms with Crippen molar-refractivity contribution in [1.82, 2.24) is 4.72 Å². The van der Waals surface area contributed by atoms with Crippen molar-refractivity contribution >= 4 is 17.8 Å². The van der Waals surface area contributed by atoms with Crippen LogP contribution in [-0.4, -0.2) is 5.71 Å². The summed E-state index contributed by atoms with van der Waals surface area (Å²) < 4.78 is 7.24. The Morgan fingerprint density at radius 1 is 1.67 bits per heavy atom. The monoisotopic (exact) mass is 138 g/mol. The van der Waals surface area contributed by atoms with Crippen LogP contribution in [-0.2, 0) is 0 Å². The van der Waals surface area contributed by atoms with Gasteiger partial charge >= 0.3 is 0 Å². The Labute approximate surface area is 58.0 Å². The minimum Gasteiger partial charge on any atom is -0.309 e. The summed E-state index contributed by atoms with van der Waals surface area (Å²) in [7, 11) is 0. The van der Waals surface area contributed by atoms with Gasteiger partial charge in [-0.2, -0.15) is 4.40 Å². The highest BCUT2D eigenvalue weighted by molar-refractivity contribution is 7.96. The fourth-order valence-corrected chi connectivity index (χ4v) is 1.47. The van der Waals surface area contributed by atoms with E-state index in [4.69, 9.17) is 0 Å². The van der Waals surface area contributed by atoms with Gasteiger partial charge in [-0.05, 0) is 6.08 Å². The highest BCUT2D eigenvalue weighted by Crippen LogP contribution is 2.19. The average molecular weight is 138 g/mol. The highest BCUT2D eigenvalue weighted by atomic mass is 32.2. The Bertz CT molecular complexity index is 215. The molecule has 0 aromatic rings. The lowest BCUT2D eigenvalue weighted by Gasteiger charge is -2.01. The second-order valence-corrected chi connectivity index (χ2v) is 2.51. The van der Waals surface area contributed by atoms with E-state index in [0.717, 1.165) is 6.42 Å². The number of fused-ring (bicyclic) bond motifs is 1. The summed E-state index contributed by atoms with van der Waals surface area (Å²) >= 11 is 1.41. The van der Waals surface area contributed by atoms with Crippen molar-refractivity contribution in [3.05, 3.63) is 23.9 Å². The van der Waals surface area contributed by atoms with Crippen molar-refractivity contribution in [1.29, 1.82) is 0 Å². The molecule has 0 bridgehead atoms. The molecule has 2 rings (SSSR count). The molecular formula is C6H6N2S. The van der Waals surface area contributed by atoms with Gasteiger partial charge in [-0.25, -0.2) is 0 Å². The molecule has 9 heavy (non-hydrogen) atoms. The van der Waals surface area contributed by atoms with Crippen molar-refractivity contribution in [2.45, 2.75) is 6.42 Å². The standard InChI is InChI=1S/C6H6N2S/c1-2-4-6-5(3-1)7-9-8-6/h1-3,7H,4H2. The Hall–Kier alpha value is -0.700. The number of allylic oxidation sites excluding steroid dienone is 4. The SMILES string of the molecule is C1=CCC2=NSNC2=C1. The summed E-state index contributed by atoms with van der Waals surface area (Å²) in [6, 6.07) is 0. The molecule has 0 spiro atoms. The van der Waals surface area contributed by atoms with Crippen LogP contribution >= 0.6 is 12.1 Å². The first-order valence-electron chi connectivity index (χ1n) is 2.83. The smallest absolute Gasteiger partial charge is 0.0905 e. The molecule has 2 nitrogen and oxygen atoms in total. The largest absolute Gasteiger partial charge is 0.309 e. The van der Waals surface area contributed by atoms with Gasteiger partial charge in [0.15, 0.2) is 0 Å². The van der Waals surface area contributed by atoms with Crippen molar-refractivity contribution in [3.8, 4) is 0 Å². The van der Waals surface area contributed by atoms with E-state index in [0.29, 0.717) is 0 Å². The van der Waals surface area contributed by atoms with Crippen molar-refractivity contribution in [2.75, 3.05) is 0 Å². The van der Waals surface area contributed by atoms with Gasteiger partial charge in [0.25, 0.3) is 0 Å². The van der Waals surface area contributed by atoms with E-state index >= 15 is 0 Å². The van der Waals surface area contributed by atoms with Crippen LogP contribution in [0.15, 0.2) is 28.3 Å². The molecule has 2 aliphatic rings. The van der Waals surface area contributed by atoms with Crippen molar-refractivity contribution in [2.24, 2.45) is 4.40 Å². The third-order valence-corrected chi connectivity index (χ3v) is 1.96. The summed E-state index contributed by atoms with van der Waals surface area (Å²) in [5.74, 6) is 0. The summed E-state index contributed by atoms with van der Waals surface area (Å²) in [6.07, 6.45) is 7.18. The Morgan fingerprint density at radius 2 is 2.67 bits per heavy atom. The molecule has 0 radical (unpaired) electrons. The summed E-state index contributed by atoms with van der Waals surface area (Å²) in [5.41, 5.74) is 2.34. The normalized spacial score (nSPS) is 22.2. The maximum absolute atomic E-state index is 4.16. The van der Waals surface area contributed by atoms with Gasteiger partial charge in [0.2, 0.25) is 0 Å². The number of nitrogens with one attached hydrogen (secondary N) is 1. The minimum absolute atomic E-state index is 0.978. The maximum Gasteiger partial charge on any atom is 0.0905 e. The highest BCUT2D eigenvalue weighted by Gasteiger charge is 2.12. The first kappa shape index (κ1) is 5.11. The first-order chi connectivity index (χ1) is 4.47. The summed E-state index contributed by atoms with van der Waals surface area (Å²) in [5, 5.41) is 0. The zero-order valence-electron chi connectivity index (χ0n) is 4.79. The second-order valence-electron chi connectivity index (χ2n) is 1.94. The van der Waals surface area contributed by atoms with Crippen molar-refractivity contribution in [3.63, 3.8) is 0 Å². The fourth-order valence-electron chi connectivity index (χ4n) is 0.857. The third-order valence-electron chi connectivity index (χ3n) is 1.33. The first-order valence-corrected chi connectivity index (χ1v) is 3.60. The molecule has 0 aromatic carbocycles. The Balaban J connectivity index is 2.37. The van der Waals surface area contributed by atoms with Crippen LogP contribution in [0.4, 0.5) is 0 Å². The topological polar surface area (TPSA) is 24.4 Å². The maximum atomic E-state index is 4.16. The molecule has 1 aliphatic carbocycles. The average Bonchev–Trinajstić information content (AvgIpc) is 2.33. The molecule has 0 amide bonds. The van der Waals surface area contributed by atoms with Gasteiger partial charge < -0.3 is 4.72 Å². The molecule has 3 heteroatoms. The van der Waals surface area contributed by atoms with Gasteiger partial charge in [-0.3, -0.25) is 0 Å². The number of nitrogens with zero attached hydrogens (tertiary/aromatic N) is 1. The predicted molar refractivity (Wildman–Crippen MR) is 40.0 cm³/mol. The molecule has 0 fully saturated rings. The molecule has 0 unspecified atom stereocenters. The second kappa shape index (κ2) is 1.92. The number of rotatable bonds is 0. The predicted octanol–water partition coefficient (Wildman–Crippen LogP) is 1.44. The van der Waals surface area contributed by atoms with Gasteiger partial charge in [0.05, 0.1) is 23.5 Å². The lowest BCUT2D eigenvalue weighted by molar-refractivity contribution is 1.29. The lowest BCUT2D eigenvalue weighted by atomic mass is 10.1. The van der Waals surface area contributed by atoms with Crippen LogP contribution in [0.2, 0.25) is 0 Å². The van der Waals surface area contributed by atoms with Gasteiger partial charge in [0.1, 0.15) is 0 Å². The molecule has 46 valence electrons. The van der Waals surface area contributed by atoms with E-state index in [-0.39, 0.29) is 0 Å². The quantitative estimate of drug-likeness (QED) is 0.512. The number of hydrogen-bond donors (Lipinski definition) is 1. The zero-order chi connectivity index (χ0) is 6.10. The molecule has 1 heterocycles. The van der Waals surface area contributed by atoms with Crippen LogP contribution in [0, 0.1) is 0 Å². The summed E-state index contributed by atoms with van der Waals surface area (Å²) in [4.78, 5) is 0. The van der Waals surface area contributed by atoms with E-state index in [1.54, 1.807) is 0 Å². The molecule has 1 N–H and O–H groups in total. The Morgan fingerprint density at radius 3 is 3.56 bits per heavy atom. The van der Waals surface area contributed by atoms with Gasteiger partial charge in [-0.15, -0.1) is 0 Å². The molecule has 0 atom stereocenters. The van der Waals surface area contributed by atoms with E-state index in [1.165, 1.54) is 23.5 Å². The Kier molecular flexibility index (Phi) is 1.09. The van der Waals surface area contributed by atoms with E-state index in [2.05, 4.69) is 15.2 Å². The minimum atomic E-state index is 0.978. The van der Waals surface area contributed by atoms with Crippen LogP contribution < -0.4 is 4.72 Å². The van der Waals surface area contributed by atoms with Gasteiger partial charge in [0, 0.05) is 6.42 Å². The van der Waals surface area contributed by atoms with E-state index in [1.807, 2.05) is 12.2 Å². The van der Waals surface area contributed by atoms with E-state index < -0.39 is 0 Å². The van der Waals surface area contributed by atoms with Gasteiger partial charge in [-0.1, -0.05) is 12.2 Å². The molecule has 1 aliphatic heterocycles. The van der Waals surface area contributed by atoms with Crippen LogP contribution in [0.25, 0.3) is 0 Å². The van der Waals surface area contributed by atoms with E-state index in [9.17, 15) is 0 Å². The van der Waals surface area contributed by atoms with Crippen LogP contribution in [0.5, 0.6) is 0 Å². The van der Waals surface area contributed by atoms with Crippen LogP contribution in [0.3, 0.4) is 0 Å².